The molecule has 0 aromatic rings. The summed E-state index contributed by atoms with van der Waals surface area (Å²) in [6, 6.07) is 0. The molecule has 4 nitrogen and oxygen atoms in total. The molecule has 0 aromatic heterocycles. The van der Waals surface area contributed by atoms with Gasteiger partial charge in [-0.2, -0.15) is 0 Å². The van der Waals surface area contributed by atoms with Gasteiger partial charge in [-0.25, -0.2) is 0 Å². The van der Waals surface area contributed by atoms with Crippen LogP contribution in [0.1, 0.15) is 26.7 Å². The number of esters is 1. The lowest BCUT2D eigenvalue weighted by Gasteiger charge is -2.14. The number of carbonyl (C=O) groups excluding carboxylic acids is 2. The zero-order chi connectivity index (χ0) is 12.0. The van der Waals surface area contributed by atoms with E-state index in [4.69, 9.17) is 9.47 Å². The highest BCUT2D eigenvalue weighted by Crippen LogP contribution is 2.18. The predicted molar refractivity (Wildman–Crippen MR) is 58.9 cm³/mol. The maximum Gasteiger partial charge on any atom is 0.306 e. The average molecular weight is 226 g/mol. The van der Waals surface area contributed by atoms with Crippen LogP contribution in [0.25, 0.3) is 0 Å². The Balaban J connectivity index is 2.23. The molecule has 0 saturated carbocycles. The SMILES string of the molecule is CCC(=O)O[C@@H]1C=C[C@H](OCC(C)C=O)C1. The third kappa shape index (κ3) is 4.14. The van der Waals surface area contributed by atoms with Gasteiger partial charge < -0.3 is 14.3 Å². The fourth-order valence-electron chi connectivity index (χ4n) is 1.41. The first-order chi connectivity index (χ1) is 7.65. The van der Waals surface area contributed by atoms with Crippen LogP contribution in [0.3, 0.4) is 0 Å². The van der Waals surface area contributed by atoms with Gasteiger partial charge in [0, 0.05) is 18.8 Å². The number of hydrogen-bond acceptors (Lipinski definition) is 4. The fourth-order valence-corrected chi connectivity index (χ4v) is 1.41. The summed E-state index contributed by atoms with van der Waals surface area (Å²) in [6.07, 6.45) is 5.40. The van der Waals surface area contributed by atoms with Crippen LogP contribution in [-0.4, -0.2) is 31.1 Å². The van der Waals surface area contributed by atoms with E-state index in [0.29, 0.717) is 19.4 Å². The summed E-state index contributed by atoms with van der Waals surface area (Å²) in [6.45, 7) is 3.98. The monoisotopic (exact) mass is 226 g/mol. The fraction of sp³-hybridized carbons (Fsp3) is 0.667. The molecule has 0 radical (unpaired) electrons. The minimum absolute atomic E-state index is 0.0444. The van der Waals surface area contributed by atoms with Crippen LogP contribution in [0, 0.1) is 5.92 Å². The average Bonchev–Trinajstić information content (AvgIpc) is 2.73. The topological polar surface area (TPSA) is 52.6 Å². The van der Waals surface area contributed by atoms with Gasteiger partial charge >= 0.3 is 5.97 Å². The highest BCUT2D eigenvalue weighted by atomic mass is 16.5. The number of rotatable bonds is 6. The van der Waals surface area contributed by atoms with Gasteiger partial charge in [0.2, 0.25) is 0 Å². The third-order valence-electron chi connectivity index (χ3n) is 2.38. The van der Waals surface area contributed by atoms with Gasteiger partial charge in [0.25, 0.3) is 0 Å². The van der Waals surface area contributed by atoms with Gasteiger partial charge in [0.15, 0.2) is 0 Å². The molecular formula is C12H18O4. The van der Waals surface area contributed by atoms with Gasteiger partial charge in [0.05, 0.1) is 12.7 Å². The minimum Gasteiger partial charge on any atom is -0.458 e. The Hall–Kier alpha value is -1.16. The van der Waals surface area contributed by atoms with E-state index >= 15 is 0 Å². The van der Waals surface area contributed by atoms with E-state index in [1.54, 1.807) is 13.8 Å². The first kappa shape index (κ1) is 12.9. The summed E-state index contributed by atoms with van der Waals surface area (Å²) in [5.41, 5.74) is 0. The van der Waals surface area contributed by atoms with Crippen LogP contribution in [0.15, 0.2) is 12.2 Å². The molecule has 90 valence electrons. The molecule has 1 aliphatic rings. The number of ether oxygens (including phenoxy) is 2. The molecule has 1 aliphatic carbocycles. The molecule has 0 spiro atoms. The Bertz CT molecular complexity index is 272. The van der Waals surface area contributed by atoms with E-state index in [-0.39, 0.29) is 24.1 Å². The van der Waals surface area contributed by atoms with Crippen LogP contribution >= 0.6 is 0 Å². The van der Waals surface area contributed by atoms with E-state index in [1.807, 2.05) is 12.2 Å². The van der Waals surface area contributed by atoms with Gasteiger partial charge in [-0.15, -0.1) is 0 Å². The standard InChI is InChI=1S/C12H18O4/c1-3-12(14)16-11-5-4-10(6-11)15-8-9(2)7-13/h4-5,7,9-11H,3,6,8H2,1-2H3/t9?,10-,11+/m0/s1. The summed E-state index contributed by atoms with van der Waals surface area (Å²) in [5.74, 6) is -0.290. The van der Waals surface area contributed by atoms with E-state index in [2.05, 4.69) is 0 Å². The Morgan fingerprint density at radius 1 is 1.50 bits per heavy atom. The summed E-state index contributed by atoms with van der Waals surface area (Å²) in [5, 5.41) is 0. The minimum atomic E-state index is -0.198. The molecule has 0 heterocycles. The van der Waals surface area contributed by atoms with Crippen molar-refractivity contribution in [2.75, 3.05) is 6.61 Å². The van der Waals surface area contributed by atoms with Crippen molar-refractivity contribution in [1.82, 2.24) is 0 Å². The van der Waals surface area contributed by atoms with Crippen molar-refractivity contribution < 1.29 is 19.1 Å². The normalized spacial score (nSPS) is 25.4. The van der Waals surface area contributed by atoms with Crippen LogP contribution in [0.2, 0.25) is 0 Å². The first-order valence-corrected chi connectivity index (χ1v) is 5.60. The molecule has 4 heteroatoms. The van der Waals surface area contributed by atoms with Crippen LogP contribution < -0.4 is 0 Å². The van der Waals surface area contributed by atoms with Crippen molar-refractivity contribution in [2.24, 2.45) is 5.92 Å². The maximum atomic E-state index is 11.0. The second kappa shape index (κ2) is 6.43. The van der Waals surface area contributed by atoms with Crippen molar-refractivity contribution >= 4 is 12.3 Å². The number of carbonyl (C=O) groups is 2. The van der Waals surface area contributed by atoms with Crippen molar-refractivity contribution in [3.63, 3.8) is 0 Å². The summed E-state index contributed by atoms with van der Waals surface area (Å²) < 4.78 is 10.6. The number of hydrogen-bond donors (Lipinski definition) is 0. The zero-order valence-corrected chi connectivity index (χ0v) is 9.72. The van der Waals surface area contributed by atoms with E-state index in [0.717, 1.165) is 6.29 Å². The largest absolute Gasteiger partial charge is 0.458 e. The second-order valence-electron chi connectivity index (χ2n) is 3.99. The lowest BCUT2D eigenvalue weighted by Crippen LogP contribution is -2.19. The lowest BCUT2D eigenvalue weighted by atomic mass is 10.2. The summed E-state index contributed by atoms with van der Waals surface area (Å²) >= 11 is 0. The van der Waals surface area contributed by atoms with E-state index in [9.17, 15) is 9.59 Å². The van der Waals surface area contributed by atoms with Gasteiger partial charge in [-0.05, 0) is 6.08 Å². The smallest absolute Gasteiger partial charge is 0.306 e. The molecule has 1 rings (SSSR count). The molecule has 0 N–H and O–H groups in total. The quantitative estimate of drug-likeness (QED) is 0.391. The van der Waals surface area contributed by atoms with Crippen molar-refractivity contribution in [2.45, 2.75) is 38.9 Å². The maximum absolute atomic E-state index is 11.0. The summed E-state index contributed by atoms with van der Waals surface area (Å²) in [7, 11) is 0. The van der Waals surface area contributed by atoms with Crippen molar-refractivity contribution in [1.29, 1.82) is 0 Å². The molecule has 1 unspecified atom stereocenters. The van der Waals surface area contributed by atoms with Gasteiger partial charge in [0.1, 0.15) is 12.4 Å². The number of aldehydes is 1. The Morgan fingerprint density at radius 2 is 2.19 bits per heavy atom. The highest BCUT2D eigenvalue weighted by Gasteiger charge is 2.22. The molecule has 0 fully saturated rings. The van der Waals surface area contributed by atoms with Crippen molar-refractivity contribution in [3.05, 3.63) is 12.2 Å². The zero-order valence-electron chi connectivity index (χ0n) is 9.72. The molecule has 0 bridgehead atoms. The van der Waals surface area contributed by atoms with Crippen LogP contribution in [0.4, 0.5) is 0 Å². The lowest BCUT2D eigenvalue weighted by molar-refractivity contribution is -0.147. The highest BCUT2D eigenvalue weighted by molar-refractivity contribution is 5.69. The molecular weight excluding hydrogens is 208 g/mol. The predicted octanol–water partition coefficient (Wildman–Crippen LogP) is 1.49. The third-order valence-corrected chi connectivity index (χ3v) is 2.38. The Labute approximate surface area is 95.6 Å². The molecule has 0 aromatic carbocycles. The van der Waals surface area contributed by atoms with Crippen LogP contribution in [0.5, 0.6) is 0 Å². The molecule has 0 aliphatic heterocycles. The molecule has 0 amide bonds. The van der Waals surface area contributed by atoms with Crippen LogP contribution in [-0.2, 0) is 19.1 Å². The van der Waals surface area contributed by atoms with Crippen molar-refractivity contribution in [3.8, 4) is 0 Å². The first-order valence-electron chi connectivity index (χ1n) is 5.60. The van der Waals surface area contributed by atoms with Gasteiger partial charge in [-0.3, -0.25) is 4.79 Å². The Morgan fingerprint density at radius 3 is 2.81 bits per heavy atom. The van der Waals surface area contributed by atoms with E-state index < -0.39 is 0 Å². The molecule has 0 saturated heterocycles. The molecule has 3 atom stereocenters. The second-order valence-corrected chi connectivity index (χ2v) is 3.99. The molecule has 16 heavy (non-hydrogen) atoms. The van der Waals surface area contributed by atoms with Gasteiger partial charge in [-0.1, -0.05) is 19.9 Å². The van der Waals surface area contributed by atoms with E-state index in [1.165, 1.54) is 0 Å². The summed E-state index contributed by atoms with van der Waals surface area (Å²) in [4.78, 5) is 21.4. The Kier molecular flexibility index (Phi) is 5.19.